The molecule has 1 aromatic heterocycles. The molecular weight excluding hydrogens is 180 g/mol. The van der Waals surface area contributed by atoms with E-state index in [1.54, 1.807) is 0 Å². The number of rotatable bonds is 1. The molecule has 1 aromatic rings. The van der Waals surface area contributed by atoms with E-state index >= 15 is 0 Å². The van der Waals surface area contributed by atoms with Crippen LogP contribution in [0.2, 0.25) is 0 Å². The zero-order chi connectivity index (χ0) is 8.77. The average molecular weight is 187 g/mol. The summed E-state index contributed by atoms with van der Waals surface area (Å²) < 4.78 is 0. The van der Waals surface area contributed by atoms with Crippen molar-refractivity contribution in [1.29, 1.82) is 0 Å². The zero-order valence-corrected chi connectivity index (χ0v) is 6.94. The highest BCUT2D eigenvalue weighted by molar-refractivity contribution is 6.25. The van der Waals surface area contributed by atoms with E-state index in [0.717, 1.165) is 12.8 Å². The summed E-state index contributed by atoms with van der Waals surface area (Å²) in [7, 11) is 0. The molecule has 12 heavy (non-hydrogen) atoms. The first-order valence-corrected chi connectivity index (χ1v) is 4.01. The van der Waals surface area contributed by atoms with Crippen molar-refractivity contribution in [2.45, 2.75) is 17.7 Å². The number of nitrogens with one attached hydrogen (secondary N) is 2. The van der Waals surface area contributed by atoms with Gasteiger partial charge in [-0.25, -0.2) is 4.79 Å². The highest BCUT2D eigenvalue weighted by Crippen LogP contribution is 2.50. The van der Waals surface area contributed by atoms with Gasteiger partial charge in [0.15, 0.2) is 0 Å². The minimum atomic E-state index is -0.496. The van der Waals surface area contributed by atoms with Crippen LogP contribution in [-0.2, 0) is 4.87 Å². The quantitative estimate of drug-likeness (QED) is 0.620. The fourth-order valence-electron chi connectivity index (χ4n) is 1.09. The van der Waals surface area contributed by atoms with Crippen LogP contribution in [0.25, 0.3) is 0 Å². The lowest BCUT2D eigenvalue weighted by molar-refractivity contribution is 0.877. The fourth-order valence-corrected chi connectivity index (χ4v) is 1.29. The third-order valence-electron chi connectivity index (χ3n) is 1.93. The molecule has 64 valence electrons. The number of alkyl halides is 1. The molecular formula is C7H7ClN2O2. The normalized spacial score (nSPS) is 19.1. The van der Waals surface area contributed by atoms with Gasteiger partial charge in [-0.2, -0.15) is 0 Å². The van der Waals surface area contributed by atoms with Crippen molar-refractivity contribution in [2.75, 3.05) is 0 Å². The van der Waals surface area contributed by atoms with Gasteiger partial charge in [0.25, 0.3) is 5.56 Å². The summed E-state index contributed by atoms with van der Waals surface area (Å²) in [6, 6.07) is 1.33. The van der Waals surface area contributed by atoms with Crippen LogP contribution in [0, 0.1) is 0 Å². The van der Waals surface area contributed by atoms with Crippen molar-refractivity contribution >= 4 is 11.6 Å². The SMILES string of the molecule is O=c1cc(C2(Cl)CC2)[nH]c(=O)[nH]1. The lowest BCUT2D eigenvalue weighted by Gasteiger charge is -2.03. The van der Waals surface area contributed by atoms with Gasteiger partial charge in [-0.3, -0.25) is 9.78 Å². The lowest BCUT2D eigenvalue weighted by Crippen LogP contribution is -2.24. The van der Waals surface area contributed by atoms with Crippen molar-refractivity contribution in [2.24, 2.45) is 0 Å². The second kappa shape index (κ2) is 2.23. The zero-order valence-electron chi connectivity index (χ0n) is 6.19. The fraction of sp³-hybridized carbons (Fsp3) is 0.429. The summed E-state index contributed by atoms with van der Waals surface area (Å²) in [5.74, 6) is 0. The molecule has 0 aromatic carbocycles. The van der Waals surface area contributed by atoms with Crippen LogP contribution in [-0.4, -0.2) is 9.97 Å². The molecule has 1 saturated carbocycles. The van der Waals surface area contributed by atoms with Crippen molar-refractivity contribution in [1.82, 2.24) is 9.97 Å². The third kappa shape index (κ3) is 1.18. The van der Waals surface area contributed by atoms with Gasteiger partial charge in [-0.15, -0.1) is 11.6 Å². The van der Waals surface area contributed by atoms with E-state index in [0.29, 0.717) is 5.69 Å². The first-order chi connectivity index (χ1) is 5.60. The summed E-state index contributed by atoms with van der Waals surface area (Å²) >= 11 is 5.99. The number of hydrogen-bond acceptors (Lipinski definition) is 2. The molecule has 0 spiro atoms. The molecule has 1 aliphatic carbocycles. The Hall–Kier alpha value is -1.03. The lowest BCUT2D eigenvalue weighted by atomic mass is 10.3. The van der Waals surface area contributed by atoms with Crippen LogP contribution in [0.4, 0.5) is 0 Å². The van der Waals surface area contributed by atoms with E-state index in [-0.39, 0.29) is 0 Å². The maximum atomic E-state index is 10.9. The minimum Gasteiger partial charge on any atom is -0.309 e. The molecule has 0 atom stereocenters. The molecule has 1 heterocycles. The van der Waals surface area contributed by atoms with E-state index in [4.69, 9.17) is 11.6 Å². The molecule has 0 bridgehead atoms. The second-order valence-corrected chi connectivity index (χ2v) is 3.69. The van der Waals surface area contributed by atoms with Gasteiger partial charge in [-0.1, -0.05) is 0 Å². The van der Waals surface area contributed by atoms with Gasteiger partial charge in [-0.05, 0) is 12.8 Å². The minimum absolute atomic E-state index is 0.402. The van der Waals surface area contributed by atoms with Gasteiger partial charge in [0.05, 0.1) is 4.87 Å². The van der Waals surface area contributed by atoms with Gasteiger partial charge in [0.1, 0.15) is 0 Å². The Kier molecular flexibility index (Phi) is 1.41. The van der Waals surface area contributed by atoms with Gasteiger partial charge in [0, 0.05) is 11.8 Å². The smallest absolute Gasteiger partial charge is 0.309 e. The summed E-state index contributed by atoms with van der Waals surface area (Å²) in [6.07, 6.45) is 1.63. The number of hydrogen-bond donors (Lipinski definition) is 2. The number of halogens is 1. The van der Waals surface area contributed by atoms with Gasteiger partial charge < -0.3 is 4.98 Å². The summed E-state index contributed by atoms with van der Waals surface area (Å²) in [5.41, 5.74) is -0.372. The van der Waals surface area contributed by atoms with Gasteiger partial charge >= 0.3 is 5.69 Å². The van der Waals surface area contributed by atoms with E-state index in [9.17, 15) is 9.59 Å². The predicted molar refractivity (Wildman–Crippen MR) is 44.4 cm³/mol. The van der Waals surface area contributed by atoms with E-state index in [2.05, 4.69) is 9.97 Å². The highest BCUT2D eigenvalue weighted by atomic mass is 35.5. The van der Waals surface area contributed by atoms with Crippen LogP contribution in [0.1, 0.15) is 18.5 Å². The first-order valence-electron chi connectivity index (χ1n) is 3.63. The molecule has 0 saturated heterocycles. The monoisotopic (exact) mass is 186 g/mol. The molecule has 0 unspecified atom stereocenters. The molecule has 4 nitrogen and oxygen atoms in total. The van der Waals surface area contributed by atoms with Crippen LogP contribution >= 0.6 is 11.6 Å². The topological polar surface area (TPSA) is 65.7 Å². The maximum absolute atomic E-state index is 10.9. The van der Waals surface area contributed by atoms with E-state index < -0.39 is 16.1 Å². The standard InChI is InChI=1S/C7H7ClN2O2/c8-7(1-2-7)4-3-5(11)10-6(12)9-4/h3H,1-2H2,(H2,9,10,11,12). The molecule has 2 rings (SSSR count). The Bertz CT molecular complexity index is 388. The Morgan fingerprint density at radius 2 is 2.00 bits per heavy atom. The predicted octanol–water partition coefficient (Wildman–Crippen LogP) is 0.291. The second-order valence-electron chi connectivity index (χ2n) is 2.97. The molecule has 0 radical (unpaired) electrons. The highest BCUT2D eigenvalue weighted by Gasteiger charge is 2.43. The van der Waals surface area contributed by atoms with E-state index in [1.165, 1.54) is 6.07 Å². The van der Waals surface area contributed by atoms with Crippen LogP contribution in [0.5, 0.6) is 0 Å². The van der Waals surface area contributed by atoms with E-state index in [1.807, 2.05) is 0 Å². The van der Waals surface area contributed by atoms with Crippen molar-refractivity contribution < 1.29 is 0 Å². The Balaban J connectivity index is 2.59. The van der Waals surface area contributed by atoms with Crippen molar-refractivity contribution in [3.8, 4) is 0 Å². The molecule has 0 amide bonds. The van der Waals surface area contributed by atoms with Crippen LogP contribution in [0.15, 0.2) is 15.7 Å². The van der Waals surface area contributed by atoms with Crippen LogP contribution < -0.4 is 11.2 Å². The molecule has 5 heteroatoms. The summed E-state index contributed by atoms with van der Waals surface area (Å²) in [5, 5.41) is 0. The average Bonchev–Trinajstić information content (AvgIpc) is 2.67. The molecule has 0 aliphatic heterocycles. The summed E-state index contributed by atoms with van der Waals surface area (Å²) in [4.78, 5) is 25.8. The third-order valence-corrected chi connectivity index (χ3v) is 2.51. The first kappa shape index (κ1) is 7.61. The number of aromatic amines is 2. The number of H-pyrrole nitrogens is 2. The summed E-state index contributed by atoms with van der Waals surface area (Å²) in [6.45, 7) is 0. The Labute approximate surface area is 72.6 Å². The van der Waals surface area contributed by atoms with Crippen LogP contribution in [0.3, 0.4) is 0 Å². The molecule has 1 aliphatic rings. The molecule has 1 fully saturated rings. The Morgan fingerprint density at radius 3 is 2.50 bits per heavy atom. The Morgan fingerprint density at radius 1 is 1.33 bits per heavy atom. The largest absolute Gasteiger partial charge is 0.325 e. The number of aromatic nitrogens is 2. The van der Waals surface area contributed by atoms with Crippen molar-refractivity contribution in [3.63, 3.8) is 0 Å². The van der Waals surface area contributed by atoms with Gasteiger partial charge in [0.2, 0.25) is 0 Å². The maximum Gasteiger partial charge on any atom is 0.325 e. The molecule has 2 N–H and O–H groups in total. The van der Waals surface area contributed by atoms with Crippen molar-refractivity contribution in [3.05, 3.63) is 32.6 Å².